The predicted molar refractivity (Wildman–Crippen MR) is 52.6 cm³/mol. The summed E-state index contributed by atoms with van der Waals surface area (Å²) in [6.07, 6.45) is 3.78. The summed E-state index contributed by atoms with van der Waals surface area (Å²) < 4.78 is 0. The van der Waals surface area contributed by atoms with Crippen LogP contribution in [0.3, 0.4) is 0 Å². The molecule has 0 spiro atoms. The maximum atomic E-state index is 8.39. The number of rotatable bonds is 3. The Hall–Kier alpha value is -2.09. The molecule has 2 heterocycles. The van der Waals surface area contributed by atoms with Gasteiger partial charge in [-0.1, -0.05) is 0 Å². The summed E-state index contributed by atoms with van der Waals surface area (Å²) in [5.41, 5.74) is 0.805. The van der Waals surface area contributed by atoms with Crippen molar-refractivity contribution in [3.63, 3.8) is 0 Å². The molecule has 2 N–H and O–H groups in total. The average molecular weight is 187 g/mol. The van der Waals surface area contributed by atoms with E-state index in [4.69, 9.17) is 5.26 Å². The van der Waals surface area contributed by atoms with Gasteiger partial charge in [0.15, 0.2) is 0 Å². The van der Waals surface area contributed by atoms with E-state index < -0.39 is 0 Å². The van der Waals surface area contributed by atoms with E-state index in [2.05, 4.69) is 26.3 Å². The number of anilines is 1. The van der Waals surface area contributed by atoms with Crippen molar-refractivity contribution in [1.29, 1.82) is 5.26 Å². The topological polar surface area (TPSA) is 77.4 Å². The maximum Gasteiger partial charge on any atom is 0.142 e. The highest BCUT2D eigenvalue weighted by Gasteiger charge is 2.02. The van der Waals surface area contributed by atoms with Crippen molar-refractivity contribution < 1.29 is 0 Å². The summed E-state index contributed by atoms with van der Waals surface area (Å²) in [5, 5.41) is 12.4. The molecule has 2 aromatic heterocycles. The minimum atomic E-state index is 0.468. The molecule has 0 bridgehead atoms. The molecule has 70 valence electrons. The van der Waals surface area contributed by atoms with Gasteiger partial charge in [-0.2, -0.15) is 5.26 Å². The van der Waals surface area contributed by atoms with Gasteiger partial charge in [0, 0.05) is 12.7 Å². The molecule has 0 atom stereocenters. The van der Waals surface area contributed by atoms with Crippen molar-refractivity contribution in [1.82, 2.24) is 15.0 Å². The Labute approximate surface area is 80.8 Å². The van der Waals surface area contributed by atoms with E-state index in [1.165, 1.54) is 6.33 Å². The minimum Gasteiger partial charge on any atom is -0.368 e. The number of aromatic amines is 1. The summed E-state index contributed by atoms with van der Waals surface area (Å²) in [4.78, 5) is 11.2. The third-order valence-electron chi connectivity index (χ3n) is 1.88. The number of hydrogen-bond acceptors (Lipinski definition) is 4. The van der Waals surface area contributed by atoms with Crippen LogP contribution in [0.15, 0.2) is 18.6 Å². The van der Waals surface area contributed by atoms with Crippen LogP contribution < -0.4 is 5.32 Å². The van der Waals surface area contributed by atoms with Gasteiger partial charge in [0.1, 0.15) is 17.8 Å². The Balaban J connectivity index is 2.24. The fraction of sp³-hybridized carbons (Fsp3) is 0.222. The predicted octanol–water partition coefficient (Wildman–Crippen LogP) is 1.28. The number of H-pyrrole nitrogens is 1. The van der Waals surface area contributed by atoms with E-state index in [-0.39, 0.29) is 0 Å². The molecule has 0 fully saturated rings. The highest BCUT2D eigenvalue weighted by atomic mass is 15.0. The Bertz CT molecular complexity index is 467. The Kier molecular flexibility index (Phi) is 2.28. The average Bonchev–Trinajstić information content (AvgIpc) is 2.67. The summed E-state index contributed by atoms with van der Waals surface area (Å²) in [6.45, 7) is 0.605. The quantitative estimate of drug-likeness (QED) is 0.709. The molecule has 2 aromatic rings. The van der Waals surface area contributed by atoms with Crippen molar-refractivity contribution in [2.24, 2.45) is 0 Å². The van der Waals surface area contributed by atoms with Crippen molar-refractivity contribution in [2.75, 3.05) is 11.9 Å². The highest BCUT2D eigenvalue weighted by Crippen LogP contribution is 2.16. The third kappa shape index (κ3) is 1.50. The molecular formula is C9H9N5. The van der Waals surface area contributed by atoms with Crippen LogP contribution >= 0.6 is 0 Å². The number of fused-ring (bicyclic) bond motifs is 1. The molecule has 2 rings (SSSR count). The van der Waals surface area contributed by atoms with E-state index in [0.717, 1.165) is 16.9 Å². The molecule has 0 saturated heterocycles. The van der Waals surface area contributed by atoms with Crippen molar-refractivity contribution in [3.8, 4) is 6.07 Å². The third-order valence-corrected chi connectivity index (χ3v) is 1.88. The molecule has 5 nitrogen and oxygen atoms in total. The van der Waals surface area contributed by atoms with E-state index in [0.29, 0.717) is 13.0 Å². The molecule has 0 saturated carbocycles. The van der Waals surface area contributed by atoms with Gasteiger partial charge in [-0.05, 0) is 6.07 Å². The maximum absolute atomic E-state index is 8.39. The van der Waals surface area contributed by atoms with Crippen LogP contribution in [0.5, 0.6) is 0 Å². The molecular weight excluding hydrogens is 178 g/mol. The number of hydrogen-bond donors (Lipinski definition) is 2. The number of aromatic nitrogens is 3. The normalized spacial score (nSPS) is 9.93. The lowest BCUT2D eigenvalue weighted by Crippen LogP contribution is -2.02. The lowest BCUT2D eigenvalue weighted by molar-refractivity contribution is 1.05. The van der Waals surface area contributed by atoms with Crippen LogP contribution in [0, 0.1) is 11.3 Å². The van der Waals surface area contributed by atoms with Gasteiger partial charge < -0.3 is 10.3 Å². The van der Waals surface area contributed by atoms with Crippen molar-refractivity contribution >= 4 is 16.9 Å². The smallest absolute Gasteiger partial charge is 0.142 e. The lowest BCUT2D eigenvalue weighted by Gasteiger charge is -2.02. The van der Waals surface area contributed by atoms with Gasteiger partial charge in [-0.15, -0.1) is 0 Å². The fourth-order valence-corrected chi connectivity index (χ4v) is 1.25. The minimum absolute atomic E-state index is 0.468. The molecule has 0 radical (unpaired) electrons. The summed E-state index contributed by atoms with van der Waals surface area (Å²) >= 11 is 0. The first-order valence-electron chi connectivity index (χ1n) is 4.31. The second-order valence-electron chi connectivity index (χ2n) is 2.80. The SMILES string of the molecule is N#CCCNc1ncnc2[nH]ccc12. The lowest BCUT2D eigenvalue weighted by atomic mass is 10.3. The van der Waals surface area contributed by atoms with Crippen LogP contribution in [0.2, 0.25) is 0 Å². The summed E-state index contributed by atoms with van der Waals surface area (Å²) in [7, 11) is 0. The first-order valence-corrected chi connectivity index (χ1v) is 4.31. The summed E-state index contributed by atoms with van der Waals surface area (Å²) in [5.74, 6) is 0.770. The molecule has 0 unspecified atom stereocenters. The molecule has 0 aliphatic carbocycles. The van der Waals surface area contributed by atoms with Gasteiger partial charge >= 0.3 is 0 Å². The van der Waals surface area contributed by atoms with E-state index >= 15 is 0 Å². The standard InChI is InChI=1S/C9H9N5/c10-3-1-4-11-8-7-2-5-12-9(7)14-6-13-8/h2,5-6H,1,4H2,(H2,11,12,13,14). The molecule has 0 aliphatic rings. The zero-order chi connectivity index (χ0) is 9.80. The zero-order valence-electron chi connectivity index (χ0n) is 7.49. The number of nitriles is 1. The monoisotopic (exact) mass is 187 g/mol. The van der Waals surface area contributed by atoms with Crippen LogP contribution in [0.25, 0.3) is 11.0 Å². The molecule has 14 heavy (non-hydrogen) atoms. The summed E-state index contributed by atoms with van der Waals surface area (Å²) in [6, 6.07) is 3.97. The van der Waals surface area contributed by atoms with Crippen LogP contribution in [-0.4, -0.2) is 21.5 Å². The van der Waals surface area contributed by atoms with Crippen molar-refractivity contribution in [3.05, 3.63) is 18.6 Å². The van der Waals surface area contributed by atoms with Crippen LogP contribution in [0.1, 0.15) is 6.42 Å². The molecule has 0 aliphatic heterocycles. The van der Waals surface area contributed by atoms with Gasteiger partial charge in [0.25, 0.3) is 0 Å². The Morgan fingerprint density at radius 3 is 3.29 bits per heavy atom. The molecule has 0 aromatic carbocycles. The first kappa shape index (κ1) is 8.51. The van der Waals surface area contributed by atoms with Crippen molar-refractivity contribution in [2.45, 2.75) is 6.42 Å². The molecule has 5 heteroatoms. The largest absolute Gasteiger partial charge is 0.368 e. The second-order valence-corrected chi connectivity index (χ2v) is 2.80. The van der Waals surface area contributed by atoms with Crippen LogP contribution in [-0.2, 0) is 0 Å². The zero-order valence-corrected chi connectivity index (χ0v) is 7.49. The Morgan fingerprint density at radius 1 is 1.50 bits per heavy atom. The first-order chi connectivity index (χ1) is 6.92. The van der Waals surface area contributed by atoms with Crippen LogP contribution in [0.4, 0.5) is 5.82 Å². The molecule has 0 amide bonds. The number of nitrogens with zero attached hydrogens (tertiary/aromatic N) is 3. The van der Waals surface area contributed by atoms with E-state index in [9.17, 15) is 0 Å². The number of nitrogens with one attached hydrogen (secondary N) is 2. The van der Waals surface area contributed by atoms with Gasteiger partial charge in [-0.3, -0.25) is 0 Å². The second kappa shape index (κ2) is 3.75. The van der Waals surface area contributed by atoms with Gasteiger partial charge in [0.2, 0.25) is 0 Å². The van der Waals surface area contributed by atoms with E-state index in [1.54, 1.807) is 0 Å². The fourth-order valence-electron chi connectivity index (χ4n) is 1.25. The highest BCUT2D eigenvalue weighted by molar-refractivity contribution is 5.86. The van der Waals surface area contributed by atoms with Gasteiger partial charge in [-0.25, -0.2) is 9.97 Å². The van der Waals surface area contributed by atoms with Gasteiger partial charge in [0.05, 0.1) is 17.9 Å². The Morgan fingerprint density at radius 2 is 2.43 bits per heavy atom. The van der Waals surface area contributed by atoms with E-state index in [1.807, 2.05) is 12.3 Å².